The van der Waals surface area contributed by atoms with E-state index in [-0.39, 0.29) is 7.21 Å². The molecule has 0 spiro atoms. The molecule has 0 aromatic heterocycles. The summed E-state index contributed by atoms with van der Waals surface area (Å²) in [5, 5.41) is 0. The molecule has 1 saturated carbocycles. The van der Waals surface area contributed by atoms with E-state index in [0.29, 0.717) is 18.3 Å². The molecule has 3 aliphatic rings. The highest BCUT2D eigenvalue weighted by atomic mass is 16.1. The Morgan fingerprint density at radius 3 is 2.56 bits per heavy atom. The quantitative estimate of drug-likeness (QED) is 0.245. The lowest BCUT2D eigenvalue weighted by Gasteiger charge is -2.10. The maximum Gasteiger partial charge on any atom is 0.155 e. The highest BCUT2D eigenvalue weighted by Crippen LogP contribution is 2.25. The summed E-state index contributed by atoms with van der Waals surface area (Å²) in [4.78, 5) is 16.3. The molecule has 2 nitrogen and oxygen atoms in total. The summed E-state index contributed by atoms with van der Waals surface area (Å²) < 4.78 is 0. The standard InChI is InChI=1S/C19H26O.C11H11N.C2H6.H2/c1-16(18-11-7-4-8-12-18)15-19(20)14-13-17-9-5-2-3-6-10-17;1-9-11-7-3-2-5-10(11)6-4-8-12-9;1-2;/h4,7-8,11-14,16-17H,2-3,5-6,9-10,15H2,1H3;3,6-8H,2,5H2,1H3;1-2H3;1H/b14-13+;;;. The van der Waals surface area contributed by atoms with Crippen LogP contribution in [0.25, 0.3) is 0 Å². The molecule has 1 atom stereocenters. The van der Waals surface area contributed by atoms with Gasteiger partial charge in [-0.25, -0.2) is 0 Å². The van der Waals surface area contributed by atoms with Gasteiger partial charge in [0.1, 0.15) is 0 Å². The molecule has 0 saturated heterocycles. The Bertz CT molecular complexity index is 937. The maximum absolute atomic E-state index is 12.1. The van der Waals surface area contributed by atoms with Crippen molar-refractivity contribution in [3.05, 3.63) is 89.4 Å². The van der Waals surface area contributed by atoms with E-state index in [1.165, 1.54) is 55.2 Å². The summed E-state index contributed by atoms with van der Waals surface area (Å²) in [6, 6.07) is 10.3. The normalized spacial score (nSPS) is 18.5. The molecular formula is C32H45NO. The van der Waals surface area contributed by atoms with Crippen molar-refractivity contribution in [2.24, 2.45) is 10.9 Å². The van der Waals surface area contributed by atoms with Crippen molar-refractivity contribution in [3.63, 3.8) is 0 Å². The van der Waals surface area contributed by atoms with Crippen LogP contribution >= 0.6 is 0 Å². The highest BCUT2D eigenvalue weighted by Gasteiger charge is 2.12. The van der Waals surface area contributed by atoms with Gasteiger partial charge < -0.3 is 0 Å². The maximum atomic E-state index is 12.1. The fourth-order valence-corrected chi connectivity index (χ4v) is 4.54. The van der Waals surface area contributed by atoms with Gasteiger partial charge in [0.25, 0.3) is 0 Å². The number of nitrogens with zero attached hydrogens (tertiary/aromatic N) is 1. The Kier molecular flexibility index (Phi) is 13.0. The number of carbonyl (C=O) groups is 1. The first-order valence-corrected chi connectivity index (χ1v) is 13.2. The van der Waals surface area contributed by atoms with Gasteiger partial charge in [-0.1, -0.05) is 95.0 Å². The lowest BCUT2D eigenvalue weighted by Crippen LogP contribution is -2.03. The van der Waals surface area contributed by atoms with E-state index in [9.17, 15) is 4.79 Å². The van der Waals surface area contributed by atoms with E-state index in [4.69, 9.17) is 0 Å². The molecule has 1 unspecified atom stereocenters. The minimum Gasteiger partial charge on any atom is -0.295 e. The summed E-state index contributed by atoms with van der Waals surface area (Å²) in [5.41, 5.74) is 8.05. The third-order valence-electron chi connectivity index (χ3n) is 6.52. The van der Waals surface area contributed by atoms with Gasteiger partial charge in [0.15, 0.2) is 5.78 Å². The largest absolute Gasteiger partial charge is 0.295 e. The molecule has 2 aliphatic carbocycles. The fourth-order valence-electron chi connectivity index (χ4n) is 4.54. The summed E-state index contributed by atoms with van der Waals surface area (Å²) >= 11 is 0. The lowest BCUT2D eigenvalue weighted by atomic mass is 9.94. The first kappa shape index (κ1) is 27.5. The van der Waals surface area contributed by atoms with Crippen LogP contribution in [0.15, 0.2) is 88.8 Å². The molecule has 1 aliphatic heterocycles. The van der Waals surface area contributed by atoms with Gasteiger partial charge in [0, 0.05) is 13.6 Å². The van der Waals surface area contributed by atoms with E-state index in [1.54, 1.807) is 6.20 Å². The Balaban J connectivity index is 0.000000349. The number of hydrogen-bond donors (Lipinski definition) is 0. The predicted octanol–water partition coefficient (Wildman–Crippen LogP) is 9.32. The van der Waals surface area contributed by atoms with Crippen LogP contribution in [-0.2, 0) is 4.79 Å². The summed E-state index contributed by atoms with van der Waals surface area (Å²) in [7, 11) is 0. The van der Waals surface area contributed by atoms with Gasteiger partial charge in [0.2, 0.25) is 0 Å². The van der Waals surface area contributed by atoms with Crippen molar-refractivity contribution in [2.75, 3.05) is 0 Å². The average molecular weight is 460 g/mol. The van der Waals surface area contributed by atoms with Gasteiger partial charge >= 0.3 is 0 Å². The molecule has 0 bridgehead atoms. The SMILES string of the molecule is CC.CC(CC(=O)/C=C/C1CCCCCC1)c1ccccc1.CC1=NC=C=CC2=C1C=CCC2.[HH]. The number of benzene rings is 1. The van der Waals surface area contributed by atoms with Crippen LogP contribution < -0.4 is 0 Å². The third kappa shape index (κ3) is 9.65. The fraction of sp³-hybridized carbons (Fsp3) is 0.469. The van der Waals surface area contributed by atoms with Gasteiger partial charge in [-0.3, -0.25) is 9.79 Å². The summed E-state index contributed by atoms with van der Waals surface area (Å²) in [6.07, 6.45) is 22.9. The number of allylic oxidation sites excluding steroid dienone is 7. The minimum absolute atomic E-state index is 0. The molecule has 0 amide bonds. The zero-order valence-electron chi connectivity index (χ0n) is 21.7. The summed E-state index contributed by atoms with van der Waals surface area (Å²) in [6.45, 7) is 8.18. The van der Waals surface area contributed by atoms with E-state index in [1.807, 2.05) is 51.1 Å². The molecule has 1 aromatic rings. The lowest BCUT2D eigenvalue weighted by molar-refractivity contribution is -0.114. The zero-order chi connectivity index (χ0) is 24.6. The second kappa shape index (κ2) is 16.0. The van der Waals surface area contributed by atoms with Crippen LogP contribution in [0.1, 0.15) is 98.4 Å². The first-order valence-electron chi connectivity index (χ1n) is 13.2. The molecule has 4 rings (SSSR count). The van der Waals surface area contributed by atoms with Crippen LogP contribution in [0.4, 0.5) is 0 Å². The average Bonchev–Trinajstić information content (AvgIpc) is 3.26. The minimum atomic E-state index is 0. The van der Waals surface area contributed by atoms with E-state index in [2.05, 4.69) is 48.0 Å². The Morgan fingerprint density at radius 1 is 1.15 bits per heavy atom. The van der Waals surface area contributed by atoms with Crippen molar-refractivity contribution >= 4 is 11.5 Å². The zero-order valence-corrected chi connectivity index (χ0v) is 21.7. The van der Waals surface area contributed by atoms with Gasteiger partial charge in [-0.15, -0.1) is 5.73 Å². The number of hydrogen-bond acceptors (Lipinski definition) is 2. The molecule has 0 radical (unpaired) electrons. The first-order chi connectivity index (χ1) is 16.6. The van der Waals surface area contributed by atoms with Crippen LogP contribution in [-0.4, -0.2) is 11.5 Å². The monoisotopic (exact) mass is 459 g/mol. The van der Waals surface area contributed by atoms with Crippen LogP contribution in [0, 0.1) is 5.92 Å². The molecule has 1 fully saturated rings. The third-order valence-corrected chi connectivity index (χ3v) is 6.52. The van der Waals surface area contributed by atoms with Crippen molar-refractivity contribution in [1.82, 2.24) is 0 Å². The van der Waals surface area contributed by atoms with Crippen LogP contribution in [0.2, 0.25) is 0 Å². The summed E-state index contributed by atoms with van der Waals surface area (Å²) in [5.74, 6) is 1.21. The van der Waals surface area contributed by atoms with Crippen LogP contribution in [0.3, 0.4) is 0 Å². The number of carbonyl (C=O) groups excluding carboxylic acids is 1. The van der Waals surface area contributed by atoms with Gasteiger partial charge in [0.05, 0.1) is 6.20 Å². The highest BCUT2D eigenvalue weighted by molar-refractivity contribution is 6.02. The second-order valence-electron chi connectivity index (χ2n) is 9.13. The van der Waals surface area contributed by atoms with Crippen molar-refractivity contribution < 1.29 is 6.22 Å². The number of aliphatic imine (C=N–C) groups is 1. The molecule has 184 valence electrons. The van der Waals surface area contributed by atoms with Gasteiger partial charge in [-0.2, -0.15) is 0 Å². The van der Waals surface area contributed by atoms with E-state index < -0.39 is 0 Å². The van der Waals surface area contributed by atoms with Crippen LogP contribution in [0.5, 0.6) is 0 Å². The molecule has 1 aromatic carbocycles. The molecular weight excluding hydrogens is 414 g/mol. The number of rotatable bonds is 5. The molecule has 1 heterocycles. The predicted molar refractivity (Wildman–Crippen MR) is 149 cm³/mol. The second-order valence-corrected chi connectivity index (χ2v) is 9.13. The Hall–Kier alpha value is -2.70. The molecule has 0 N–H and O–H groups in total. The smallest absolute Gasteiger partial charge is 0.155 e. The van der Waals surface area contributed by atoms with Crippen molar-refractivity contribution in [1.29, 1.82) is 0 Å². The van der Waals surface area contributed by atoms with E-state index >= 15 is 0 Å². The van der Waals surface area contributed by atoms with Gasteiger partial charge in [-0.05, 0) is 73.3 Å². The molecule has 34 heavy (non-hydrogen) atoms. The molecule has 2 heteroatoms. The topological polar surface area (TPSA) is 29.4 Å². The van der Waals surface area contributed by atoms with E-state index in [0.717, 1.165) is 18.6 Å². The van der Waals surface area contributed by atoms with Crippen molar-refractivity contribution in [3.8, 4) is 0 Å². The number of ketones is 1. The van der Waals surface area contributed by atoms with Crippen molar-refractivity contribution in [2.45, 2.75) is 91.4 Å². The Labute approximate surface area is 209 Å². The Morgan fingerprint density at radius 2 is 1.85 bits per heavy atom.